The third-order valence-electron chi connectivity index (χ3n) is 5.01. The fourth-order valence-electron chi connectivity index (χ4n) is 3.49. The van der Waals surface area contributed by atoms with Crippen LogP contribution < -0.4 is 19.5 Å². The molecule has 0 saturated carbocycles. The minimum atomic E-state index is -0.208. The fourth-order valence-corrected chi connectivity index (χ4v) is 3.49. The van der Waals surface area contributed by atoms with Crippen molar-refractivity contribution in [3.05, 3.63) is 83.4 Å². The summed E-state index contributed by atoms with van der Waals surface area (Å²) >= 11 is 0. The molecule has 1 aliphatic rings. The number of para-hydroxylation sites is 1. The Labute approximate surface area is 176 Å². The van der Waals surface area contributed by atoms with E-state index in [1.807, 2.05) is 24.3 Å². The molecule has 1 aliphatic heterocycles. The second-order valence-corrected chi connectivity index (χ2v) is 7.95. The SMILES string of the molecule is COc1ccc(NC(=O)c2ccc(COc3cccc4c3OC(C)(C)C4)cc2)cc1. The van der Waals surface area contributed by atoms with E-state index in [2.05, 4.69) is 25.2 Å². The van der Waals surface area contributed by atoms with Crippen LogP contribution in [0.25, 0.3) is 0 Å². The van der Waals surface area contributed by atoms with Gasteiger partial charge in [0, 0.05) is 23.2 Å². The predicted octanol–water partition coefficient (Wildman–Crippen LogP) is 5.24. The molecule has 3 aromatic carbocycles. The second kappa shape index (κ2) is 8.11. The summed E-state index contributed by atoms with van der Waals surface area (Å²) in [7, 11) is 1.61. The first-order chi connectivity index (χ1) is 14.4. The Hall–Kier alpha value is -3.47. The Balaban J connectivity index is 1.37. The molecular formula is C25H25NO4. The molecule has 5 nitrogen and oxygen atoms in total. The van der Waals surface area contributed by atoms with Gasteiger partial charge in [-0.05, 0) is 61.9 Å². The van der Waals surface area contributed by atoms with E-state index < -0.39 is 0 Å². The smallest absolute Gasteiger partial charge is 0.255 e. The Bertz CT molecular complexity index is 1040. The number of benzene rings is 3. The summed E-state index contributed by atoms with van der Waals surface area (Å²) in [5.74, 6) is 2.16. The van der Waals surface area contributed by atoms with E-state index in [0.717, 1.165) is 29.2 Å². The summed E-state index contributed by atoms with van der Waals surface area (Å²) in [5.41, 5.74) is 3.24. The zero-order valence-electron chi connectivity index (χ0n) is 17.4. The molecule has 0 radical (unpaired) electrons. The predicted molar refractivity (Wildman–Crippen MR) is 117 cm³/mol. The molecule has 0 unspecified atom stereocenters. The maximum atomic E-state index is 12.5. The van der Waals surface area contributed by atoms with Crippen LogP contribution in [-0.2, 0) is 13.0 Å². The molecular weight excluding hydrogens is 378 g/mol. The van der Waals surface area contributed by atoms with Crippen molar-refractivity contribution in [2.24, 2.45) is 0 Å². The molecule has 1 heterocycles. The van der Waals surface area contributed by atoms with Gasteiger partial charge in [0.1, 0.15) is 18.0 Å². The van der Waals surface area contributed by atoms with Gasteiger partial charge in [-0.2, -0.15) is 0 Å². The van der Waals surface area contributed by atoms with Crippen molar-refractivity contribution < 1.29 is 19.0 Å². The van der Waals surface area contributed by atoms with Crippen molar-refractivity contribution in [2.75, 3.05) is 12.4 Å². The van der Waals surface area contributed by atoms with Crippen LogP contribution in [0.5, 0.6) is 17.2 Å². The number of hydrogen-bond acceptors (Lipinski definition) is 4. The number of amides is 1. The minimum absolute atomic E-state index is 0.163. The van der Waals surface area contributed by atoms with E-state index >= 15 is 0 Å². The summed E-state index contributed by atoms with van der Waals surface area (Å²) in [6.07, 6.45) is 0.873. The van der Waals surface area contributed by atoms with Gasteiger partial charge in [0.25, 0.3) is 5.91 Å². The molecule has 1 N–H and O–H groups in total. The van der Waals surface area contributed by atoms with Crippen LogP contribution in [0, 0.1) is 0 Å². The maximum absolute atomic E-state index is 12.5. The molecule has 0 spiro atoms. The summed E-state index contributed by atoms with van der Waals surface area (Å²) in [6, 6.07) is 20.6. The van der Waals surface area contributed by atoms with Gasteiger partial charge in [0.05, 0.1) is 7.11 Å². The van der Waals surface area contributed by atoms with Crippen LogP contribution >= 0.6 is 0 Å². The van der Waals surface area contributed by atoms with Gasteiger partial charge < -0.3 is 19.5 Å². The highest BCUT2D eigenvalue weighted by atomic mass is 16.5. The molecule has 0 aromatic heterocycles. The molecule has 0 atom stereocenters. The molecule has 0 saturated heterocycles. The average Bonchev–Trinajstić information content (AvgIpc) is 3.07. The Morgan fingerprint density at radius 1 is 1.03 bits per heavy atom. The van der Waals surface area contributed by atoms with Crippen LogP contribution in [0.4, 0.5) is 5.69 Å². The lowest BCUT2D eigenvalue weighted by Gasteiger charge is -2.18. The lowest BCUT2D eigenvalue weighted by atomic mass is 10.0. The maximum Gasteiger partial charge on any atom is 0.255 e. The molecule has 154 valence electrons. The van der Waals surface area contributed by atoms with Gasteiger partial charge in [0.15, 0.2) is 11.5 Å². The molecule has 0 fully saturated rings. The molecule has 0 bridgehead atoms. The Morgan fingerprint density at radius 3 is 2.47 bits per heavy atom. The normalized spacial score (nSPS) is 13.8. The molecule has 3 aromatic rings. The minimum Gasteiger partial charge on any atom is -0.497 e. The van der Waals surface area contributed by atoms with Crippen LogP contribution in [0.2, 0.25) is 0 Å². The quantitative estimate of drug-likeness (QED) is 0.612. The molecule has 5 heteroatoms. The number of rotatable bonds is 6. The van der Waals surface area contributed by atoms with Crippen molar-refractivity contribution >= 4 is 11.6 Å². The van der Waals surface area contributed by atoms with Gasteiger partial charge in [-0.15, -0.1) is 0 Å². The second-order valence-electron chi connectivity index (χ2n) is 7.95. The van der Waals surface area contributed by atoms with E-state index in [1.54, 1.807) is 43.5 Å². The lowest BCUT2D eigenvalue weighted by molar-refractivity contribution is 0.102. The summed E-state index contributed by atoms with van der Waals surface area (Å²) in [6.45, 7) is 4.56. The van der Waals surface area contributed by atoms with Crippen molar-refractivity contribution in [2.45, 2.75) is 32.5 Å². The third kappa shape index (κ3) is 4.40. The zero-order chi connectivity index (χ0) is 21.1. The van der Waals surface area contributed by atoms with Crippen molar-refractivity contribution in [3.8, 4) is 17.2 Å². The summed E-state index contributed by atoms with van der Waals surface area (Å²) in [5, 5.41) is 2.88. The number of carbonyl (C=O) groups excluding carboxylic acids is 1. The molecule has 4 rings (SSSR count). The first kappa shape index (κ1) is 19.8. The monoisotopic (exact) mass is 403 g/mol. The topological polar surface area (TPSA) is 56.8 Å². The van der Waals surface area contributed by atoms with E-state index in [1.165, 1.54) is 5.56 Å². The van der Waals surface area contributed by atoms with E-state index in [-0.39, 0.29) is 11.5 Å². The van der Waals surface area contributed by atoms with E-state index in [4.69, 9.17) is 14.2 Å². The molecule has 1 amide bonds. The summed E-state index contributed by atoms with van der Waals surface area (Å²) < 4.78 is 17.2. The summed E-state index contributed by atoms with van der Waals surface area (Å²) in [4.78, 5) is 12.5. The van der Waals surface area contributed by atoms with Gasteiger partial charge in [0.2, 0.25) is 0 Å². The zero-order valence-corrected chi connectivity index (χ0v) is 17.4. The number of ether oxygens (including phenoxy) is 3. The highest BCUT2D eigenvalue weighted by Crippen LogP contribution is 2.41. The largest absolute Gasteiger partial charge is 0.497 e. The standard InChI is InChI=1S/C25H25NO4/c1-25(2)15-19-5-4-6-22(23(19)30-25)29-16-17-7-9-18(10-8-17)24(27)26-20-11-13-21(28-3)14-12-20/h4-14H,15-16H2,1-3H3,(H,26,27). The van der Waals surface area contributed by atoms with E-state index in [9.17, 15) is 4.79 Å². The highest BCUT2D eigenvalue weighted by molar-refractivity contribution is 6.04. The number of anilines is 1. The number of methoxy groups -OCH3 is 1. The number of nitrogens with one attached hydrogen (secondary N) is 1. The van der Waals surface area contributed by atoms with Crippen LogP contribution in [0.1, 0.15) is 35.3 Å². The third-order valence-corrected chi connectivity index (χ3v) is 5.01. The van der Waals surface area contributed by atoms with Crippen LogP contribution in [0.3, 0.4) is 0 Å². The Morgan fingerprint density at radius 2 is 1.77 bits per heavy atom. The Kier molecular flexibility index (Phi) is 5.36. The van der Waals surface area contributed by atoms with Crippen molar-refractivity contribution in [1.82, 2.24) is 0 Å². The number of fused-ring (bicyclic) bond motifs is 1. The fraction of sp³-hybridized carbons (Fsp3) is 0.240. The molecule has 0 aliphatic carbocycles. The number of carbonyl (C=O) groups is 1. The van der Waals surface area contributed by atoms with E-state index in [0.29, 0.717) is 17.9 Å². The van der Waals surface area contributed by atoms with Crippen molar-refractivity contribution in [3.63, 3.8) is 0 Å². The first-order valence-corrected chi connectivity index (χ1v) is 9.91. The lowest BCUT2D eigenvalue weighted by Crippen LogP contribution is -2.24. The average molecular weight is 403 g/mol. The van der Waals surface area contributed by atoms with Gasteiger partial charge in [-0.3, -0.25) is 4.79 Å². The van der Waals surface area contributed by atoms with Crippen molar-refractivity contribution in [1.29, 1.82) is 0 Å². The molecule has 30 heavy (non-hydrogen) atoms. The van der Waals surface area contributed by atoms with Crippen LogP contribution in [-0.4, -0.2) is 18.6 Å². The first-order valence-electron chi connectivity index (χ1n) is 9.91. The van der Waals surface area contributed by atoms with Gasteiger partial charge in [-0.1, -0.05) is 24.3 Å². The van der Waals surface area contributed by atoms with Gasteiger partial charge >= 0.3 is 0 Å². The van der Waals surface area contributed by atoms with Crippen LogP contribution in [0.15, 0.2) is 66.7 Å². The number of hydrogen-bond donors (Lipinski definition) is 1. The van der Waals surface area contributed by atoms with Gasteiger partial charge in [-0.25, -0.2) is 0 Å². The highest BCUT2D eigenvalue weighted by Gasteiger charge is 2.32.